The average molecular weight is 380 g/mol. The molecule has 0 saturated heterocycles. The first-order valence-electron chi connectivity index (χ1n) is 9.40. The topological polar surface area (TPSA) is 61.4 Å². The van der Waals surface area contributed by atoms with E-state index in [0.29, 0.717) is 13.1 Å². The molecule has 6 heteroatoms. The van der Waals surface area contributed by atoms with Crippen molar-refractivity contribution in [2.24, 2.45) is 11.8 Å². The smallest absolute Gasteiger partial charge is 0.223 e. The van der Waals surface area contributed by atoms with E-state index in [1.165, 1.54) is 0 Å². The molecule has 0 aliphatic heterocycles. The van der Waals surface area contributed by atoms with Gasteiger partial charge in [0.05, 0.1) is 0 Å². The second kappa shape index (κ2) is 10.5. The molecule has 0 radical (unpaired) electrons. The van der Waals surface area contributed by atoms with Crippen LogP contribution in [0.25, 0.3) is 0 Å². The lowest BCUT2D eigenvalue weighted by atomic mass is 9.81. The first kappa shape index (κ1) is 20.7. The van der Waals surface area contributed by atoms with Gasteiger partial charge in [0.2, 0.25) is 11.8 Å². The van der Waals surface area contributed by atoms with E-state index in [1.807, 2.05) is 43.3 Å². The van der Waals surface area contributed by atoms with Crippen LogP contribution in [0.1, 0.15) is 31.2 Å². The summed E-state index contributed by atoms with van der Waals surface area (Å²) in [5, 5.41) is 6.74. The number of benzene rings is 1. The number of hydrogen-bond donors (Lipinski definition) is 2. The highest BCUT2D eigenvalue weighted by molar-refractivity contribution is 6.30. The first-order chi connectivity index (χ1) is 12.5. The molecule has 1 aliphatic carbocycles. The summed E-state index contributed by atoms with van der Waals surface area (Å²) in [6, 6.07) is 7.69. The highest BCUT2D eigenvalue weighted by atomic mass is 35.5. The summed E-state index contributed by atoms with van der Waals surface area (Å²) in [6.07, 6.45) is 3.97. The fourth-order valence-corrected chi connectivity index (χ4v) is 3.42. The van der Waals surface area contributed by atoms with Crippen LogP contribution in [-0.4, -0.2) is 50.4 Å². The van der Waals surface area contributed by atoms with E-state index < -0.39 is 0 Å². The minimum absolute atomic E-state index is 0.0334. The van der Waals surface area contributed by atoms with Crippen LogP contribution in [0.3, 0.4) is 0 Å². The molecular formula is C20H30ClN3O2. The normalized spacial score (nSPS) is 20.0. The van der Waals surface area contributed by atoms with E-state index in [0.717, 1.165) is 49.2 Å². The summed E-state index contributed by atoms with van der Waals surface area (Å²) >= 11 is 5.87. The van der Waals surface area contributed by atoms with Crippen molar-refractivity contribution < 1.29 is 9.59 Å². The number of nitrogens with one attached hydrogen (secondary N) is 2. The summed E-state index contributed by atoms with van der Waals surface area (Å²) in [5.41, 5.74) is 1.16. The molecule has 0 heterocycles. The number of halogens is 1. The van der Waals surface area contributed by atoms with E-state index in [2.05, 4.69) is 10.6 Å². The maximum atomic E-state index is 12.3. The Bertz CT molecular complexity index is 581. The predicted octanol–water partition coefficient (Wildman–Crippen LogP) is 2.48. The Morgan fingerprint density at radius 2 is 1.46 bits per heavy atom. The summed E-state index contributed by atoms with van der Waals surface area (Å²) in [6.45, 7) is 2.15. The number of carbonyl (C=O) groups excluding carboxylic acids is 2. The molecule has 2 N–H and O–H groups in total. The highest BCUT2D eigenvalue weighted by Crippen LogP contribution is 2.29. The van der Waals surface area contributed by atoms with Crippen molar-refractivity contribution in [1.82, 2.24) is 15.5 Å². The number of rotatable bonds is 8. The molecule has 1 aromatic rings. The first-order valence-corrected chi connectivity index (χ1v) is 9.78. The van der Waals surface area contributed by atoms with Crippen molar-refractivity contribution in [1.29, 1.82) is 0 Å². The van der Waals surface area contributed by atoms with Gasteiger partial charge in [-0.1, -0.05) is 23.7 Å². The highest BCUT2D eigenvalue weighted by Gasteiger charge is 2.29. The fourth-order valence-electron chi connectivity index (χ4n) is 3.29. The van der Waals surface area contributed by atoms with E-state index in [9.17, 15) is 9.59 Å². The average Bonchev–Trinajstić information content (AvgIpc) is 2.63. The molecule has 1 fully saturated rings. The van der Waals surface area contributed by atoms with Gasteiger partial charge in [0, 0.05) is 36.5 Å². The van der Waals surface area contributed by atoms with Gasteiger partial charge in [0.15, 0.2) is 0 Å². The third-order valence-corrected chi connectivity index (χ3v) is 5.21. The SMILES string of the molecule is CN(C)CCNC(=O)C1CCC(C(=O)NCCc2ccc(Cl)cc2)CC1. The van der Waals surface area contributed by atoms with Gasteiger partial charge in [-0.2, -0.15) is 0 Å². The summed E-state index contributed by atoms with van der Waals surface area (Å²) < 4.78 is 0. The van der Waals surface area contributed by atoms with Crippen LogP contribution in [0.5, 0.6) is 0 Å². The van der Waals surface area contributed by atoms with Crippen LogP contribution in [0.15, 0.2) is 24.3 Å². The van der Waals surface area contributed by atoms with Crippen LogP contribution in [0.2, 0.25) is 5.02 Å². The van der Waals surface area contributed by atoms with Gasteiger partial charge in [-0.3, -0.25) is 9.59 Å². The molecule has 0 atom stereocenters. The minimum Gasteiger partial charge on any atom is -0.356 e. The van der Waals surface area contributed by atoms with Crippen LogP contribution < -0.4 is 10.6 Å². The number of likely N-dealkylation sites (N-methyl/N-ethyl adjacent to an activating group) is 1. The Balaban J connectivity index is 1.64. The molecule has 0 unspecified atom stereocenters. The molecule has 0 aromatic heterocycles. The number of nitrogens with zero attached hydrogens (tertiary/aromatic N) is 1. The van der Waals surface area contributed by atoms with Gasteiger partial charge in [-0.25, -0.2) is 0 Å². The van der Waals surface area contributed by atoms with Crippen molar-refractivity contribution in [2.75, 3.05) is 33.7 Å². The fraction of sp³-hybridized carbons (Fsp3) is 0.600. The van der Waals surface area contributed by atoms with E-state index in [1.54, 1.807) is 0 Å². The zero-order valence-corrected chi connectivity index (χ0v) is 16.5. The Morgan fingerprint density at radius 3 is 1.96 bits per heavy atom. The third kappa shape index (κ3) is 6.96. The summed E-state index contributed by atoms with van der Waals surface area (Å²) in [4.78, 5) is 26.5. The van der Waals surface area contributed by atoms with Crippen molar-refractivity contribution in [3.63, 3.8) is 0 Å². The Kier molecular flexibility index (Phi) is 8.39. The van der Waals surface area contributed by atoms with E-state index in [4.69, 9.17) is 11.6 Å². The second-order valence-corrected chi connectivity index (χ2v) is 7.75. The molecule has 0 spiro atoms. The van der Waals surface area contributed by atoms with Gasteiger partial charge in [0.1, 0.15) is 0 Å². The van der Waals surface area contributed by atoms with E-state index in [-0.39, 0.29) is 23.7 Å². The molecule has 26 heavy (non-hydrogen) atoms. The van der Waals surface area contributed by atoms with Gasteiger partial charge in [-0.15, -0.1) is 0 Å². The third-order valence-electron chi connectivity index (χ3n) is 4.95. The monoisotopic (exact) mass is 379 g/mol. The Hall–Kier alpha value is -1.59. The second-order valence-electron chi connectivity index (χ2n) is 7.31. The summed E-state index contributed by atoms with van der Waals surface area (Å²) in [7, 11) is 3.98. The van der Waals surface area contributed by atoms with Crippen molar-refractivity contribution in [2.45, 2.75) is 32.1 Å². The zero-order valence-electron chi connectivity index (χ0n) is 15.8. The molecule has 5 nitrogen and oxygen atoms in total. The molecule has 2 amide bonds. The Morgan fingerprint density at radius 1 is 0.962 bits per heavy atom. The van der Waals surface area contributed by atoms with E-state index >= 15 is 0 Å². The molecule has 1 aromatic carbocycles. The van der Waals surface area contributed by atoms with Crippen molar-refractivity contribution >= 4 is 23.4 Å². The molecule has 2 rings (SSSR count). The lowest BCUT2D eigenvalue weighted by Crippen LogP contribution is -2.39. The maximum absolute atomic E-state index is 12.3. The van der Waals surface area contributed by atoms with Gasteiger partial charge >= 0.3 is 0 Å². The Labute approximate surface area is 161 Å². The predicted molar refractivity (Wildman–Crippen MR) is 105 cm³/mol. The molecule has 0 bridgehead atoms. The quantitative estimate of drug-likeness (QED) is 0.729. The van der Waals surface area contributed by atoms with Crippen LogP contribution in [-0.2, 0) is 16.0 Å². The maximum Gasteiger partial charge on any atom is 0.223 e. The molecule has 1 saturated carbocycles. The molecule has 144 valence electrons. The van der Waals surface area contributed by atoms with Gasteiger partial charge in [0.25, 0.3) is 0 Å². The van der Waals surface area contributed by atoms with Gasteiger partial charge in [-0.05, 0) is 63.9 Å². The minimum atomic E-state index is 0.0334. The van der Waals surface area contributed by atoms with Crippen LogP contribution >= 0.6 is 11.6 Å². The lowest BCUT2D eigenvalue weighted by molar-refractivity contribution is -0.130. The van der Waals surface area contributed by atoms with Crippen molar-refractivity contribution in [3.8, 4) is 0 Å². The summed E-state index contributed by atoms with van der Waals surface area (Å²) in [5.74, 6) is 0.334. The number of hydrogen-bond acceptors (Lipinski definition) is 3. The molecular weight excluding hydrogens is 350 g/mol. The largest absolute Gasteiger partial charge is 0.356 e. The van der Waals surface area contributed by atoms with Crippen LogP contribution in [0.4, 0.5) is 0 Å². The number of amides is 2. The standard InChI is InChI=1S/C20H30ClN3O2/c1-24(2)14-13-23-20(26)17-7-5-16(6-8-17)19(25)22-12-11-15-3-9-18(21)10-4-15/h3-4,9-10,16-17H,5-8,11-14H2,1-2H3,(H,22,25)(H,23,26). The molecule has 1 aliphatic rings. The van der Waals surface area contributed by atoms with Crippen molar-refractivity contribution in [3.05, 3.63) is 34.9 Å². The lowest BCUT2D eigenvalue weighted by Gasteiger charge is -2.27. The van der Waals surface area contributed by atoms with Crippen LogP contribution in [0, 0.1) is 11.8 Å². The van der Waals surface area contributed by atoms with Gasteiger partial charge < -0.3 is 15.5 Å². The zero-order chi connectivity index (χ0) is 18.9. The number of carbonyl (C=O) groups is 2.